The molecule has 1 amide bonds. The van der Waals surface area contributed by atoms with Crippen LogP contribution in [0.5, 0.6) is 0 Å². The van der Waals surface area contributed by atoms with Crippen molar-refractivity contribution in [2.45, 2.75) is 38.0 Å². The molecule has 0 saturated heterocycles. The van der Waals surface area contributed by atoms with Crippen LogP contribution in [0.25, 0.3) is 0 Å². The van der Waals surface area contributed by atoms with Crippen LogP contribution in [0.1, 0.15) is 46.3 Å². The molecule has 0 saturated carbocycles. The molecule has 0 aliphatic heterocycles. The van der Waals surface area contributed by atoms with Crippen LogP contribution in [0, 0.1) is 6.92 Å². The van der Waals surface area contributed by atoms with Crippen LogP contribution in [0.2, 0.25) is 0 Å². The second-order valence-corrected chi connectivity index (χ2v) is 7.82. The molecule has 32 heavy (non-hydrogen) atoms. The molecule has 1 unspecified atom stereocenters. The molecule has 3 rings (SSSR count). The summed E-state index contributed by atoms with van der Waals surface area (Å²) in [5, 5.41) is 6.19. The smallest absolute Gasteiger partial charge is 0.358 e. The molecular formula is C26H27F3N2O. The number of benzene rings is 3. The Kier molecular flexibility index (Phi) is 7.70. The number of rotatable bonds is 8. The van der Waals surface area contributed by atoms with Gasteiger partial charge < -0.3 is 5.32 Å². The van der Waals surface area contributed by atoms with Crippen molar-refractivity contribution in [2.75, 3.05) is 7.05 Å². The fourth-order valence-electron chi connectivity index (χ4n) is 3.63. The summed E-state index contributed by atoms with van der Waals surface area (Å²) in [5.41, 5.74) is 3.15. The Hall–Kier alpha value is -3.12. The van der Waals surface area contributed by atoms with Crippen LogP contribution in [-0.2, 0) is 17.4 Å². The summed E-state index contributed by atoms with van der Waals surface area (Å²) in [6, 6.07) is 22.1. The maximum atomic E-state index is 12.9. The molecule has 0 aliphatic rings. The minimum absolute atomic E-state index is 0.150. The van der Waals surface area contributed by atoms with Crippen LogP contribution in [0.3, 0.4) is 0 Å². The third-order valence-corrected chi connectivity index (χ3v) is 5.49. The maximum absolute atomic E-state index is 12.9. The van der Waals surface area contributed by atoms with Gasteiger partial charge in [-0.1, -0.05) is 72.3 Å². The van der Waals surface area contributed by atoms with E-state index < -0.39 is 17.8 Å². The number of nitrogens with one attached hydrogen (secondary N) is 2. The predicted molar refractivity (Wildman–Crippen MR) is 120 cm³/mol. The van der Waals surface area contributed by atoms with Gasteiger partial charge in [-0.2, -0.15) is 13.2 Å². The van der Waals surface area contributed by atoms with Crippen molar-refractivity contribution in [1.29, 1.82) is 0 Å². The van der Waals surface area contributed by atoms with Gasteiger partial charge in [-0.05, 0) is 48.6 Å². The summed E-state index contributed by atoms with van der Waals surface area (Å²) in [4.78, 5) is 12.7. The summed E-state index contributed by atoms with van der Waals surface area (Å²) < 4.78 is 38.6. The van der Waals surface area contributed by atoms with Gasteiger partial charge in [-0.3, -0.25) is 10.1 Å². The highest BCUT2D eigenvalue weighted by Crippen LogP contribution is 2.30. The zero-order chi connectivity index (χ0) is 23.1. The highest BCUT2D eigenvalue weighted by molar-refractivity contribution is 5.83. The Morgan fingerprint density at radius 3 is 2.06 bits per heavy atom. The SMILES string of the molecule is CNC(=O)C(N[C@H](CCc1ccc(C(F)(F)F)cc1)c1ccc(C)cc1)c1ccccc1. The molecule has 2 atom stereocenters. The molecule has 2 N–H and O–H groups in total. The van der Waals surface area contributed by atoms with Crippen molar-refractivity contribution in [2.24, 2.45) is 0 Å². The van der Waals surface area contributed by atoms with E-state index in [-0.39, 0.29) is 11.9 Å². The zero-order valence-electron chi connectivity index (χ0n) is 18.1. The van der Waals surface area contributed by atoms with E-state index in [1.165, 1.54) is 12.1 Å². The van der Waals surface area contributed by atoms with Crippen LogP contribution >= 0.6 is 0 Å². The number of hydrogen-bond acceptors (Lipinski definition) is 2. The van der Waals surface area contributed by atoms with Crippen LogP contribution in [0.15, 0.2) is 78.9 Å². The Morgan fingerprint density at radius 1 is 0.875 bits per heavy atom. The standard InChI is InChI=1S/C26H27F3N2O/c1-18-8-13-20(14-9-18)23(17-12-19-10-15-22(16-11-19)26(27,28)29)31-24(25(32)30-2)21-6-4-3-5-7-21/h3-11,13-16,23-24,31H,12,17H2,1-2H3,(H,30,32)/t23-,24?/m1/s1. The van der Waals surface area contributed by atoms with E-state index in [4.69, 9.17) is 0 Å². The Labute approximate surface area is 186 Å². The van der Waals surface area contributed by atoms with Crippen molar-refractivity contribution in [3.8, 4) is 0 Å². The first-order valence-electron chi connectivity index (χ1n) is 10.5. The first-order valence-corrected chi connectivity index (χ1v) is 10.5. The van der Waals surface area contributed by atoms with Crippen molar-refractivity contribution in [3.63, 3.8) is 0 Å². The van der Waals surface area contributed by atoms with Gasteiger partial charge in [0, 0.05) is 13.1 Å². The van der Waals surface area contributed by atoms with Gasteiger partial charge in [0.1, 0.15) is 6.04 Å². The zero-order valence-corrected chi connectivity index (χ0v) is 18.1. The number of amides is 1. The molecule has 3 aromatic rings. The lowest BCUT2D eigenvalue weighted by Gasteiger charge is -2.26. The van der Waals surface area contributed by atoms with Gasteiger partial charge in [0.25, 0.3) is 0 Å². The van der Waals surface area contributed by atoms with Crippen LogP contribution in [-0.4, -0.2) is 13.0 Å². The number of hydrogen-bond donors (Lipinski definition) is 2. The minimum Gasteiger partial charge on any atom is -0.358 e. The van der Waals surface area contributed by atoms with Crippen molar-refractivity contribution < 1.29 is 18.0 Å². The molecule has 3 nitrogen and oxygen atoms in total. The molecule has 168 valence electrons. The first kappa shape index (κ1) is 23.5. The van der Waals surface area contributed by atoms with E-state index in [1.54, 1.807) is 7.05 Å². The predicted octanol–water partition coefficient (Wildman–Crippen LogP) is 5.76. The second-order valence-electron chi connectivity index (χ2n) is 7.82. The number of carbonyl (C=O) groups excluding carboxylic acids is 1. The monoisotopic (exact) mass is 440 g/mol. The quantitative estimate of drug-likeness (QED) is 0.467. The van der Waals surface area contributed by atoms with E-state index in [2.05, 4.69) is 10.6 Å². The van der Waals surface area contributed by atoms with Crippen molar-refractivity contribution in [1.82, 2.24) is 10.6 Å². The fraction of sp³-hybridized carbons (Fsp3) is 0.269. The number of halogens is 3. The van der Waals surface area contributed by atoms with Gasteiger partial charge in [-0.25, -0.2) is 0 Å². The average Bonchev–Trinajstić information content (AvgIpc) is 2.80. The highest BCUT2D eigenvalue weighted by atomic mass is 19.4. The average molecular weight is 441 g/mol. The van der Waals surface area contributed by atoms with Gasteiger partial charge in [0.15, 0.2) is 0 Å². The molecular weight excluding hydrogens is 413 g/mol. The Morgan fingerprint density at radius 2 is 1.50 bits per heavy atom. The number of alkyl halides is 3. The lowest BCUT2D eigenvalue weighted by Crippen LogP contribution is -2.38. The van der Waals surface area contributed by atoms with Gasteiger partial charge in [-0.15, -0.1) is 0 Å². The summed E-state index contributed by atoms with van der Waals surface area (Å²) in [7, 11) is 1.60. The molecule has 0 bridgehead atoms. The number of carbonyl (C=O) groups is 1. The summed E-state index contributed by atoms with van der Waals surface area (Å²) in [5.74, 6) is -0.150. The number of likely N-dealkylation sites (N-methyl/N-ethyl adjacent to an activating group) is 1. The largest absolute Gasteiger partial charge is 0.416 e. The second kappa shape index (κ2) is 10.5. The third kappa shape index (κ3) is 6.20. The summed E-state index contributed by atoms with van der Waals surface area (Å²) in [6.45, 7) is 2.01. The van der Waals surface area contributed by atoms with E-state index in [0.29, 0.717) is 12.8 Å². The molecule has 0 radical (unpaired) electrons. The van der Waals surface area contributed by atoms with E-state index >= 15 is 0 Å². The Balaban J connectivity index is 1.83. The normalized spacial score (nSPS) is 13.4. The van der Waals surface area contributed by atoms with Crippen LogP contribution in [0.4, 0.5) is 13.2 Å². The summed E-state index contributed by atoms with van der Waals surface area (Å²) in [6.07, 6.45) is -3.16. The van der Waals surface area contributed by atoms with E-state index in [0.717, 1.165) is 34.4 Å². The molecule has 0 fully saturated rings. The fourth-order valence-corrected chi connectivity index (χ4v) is 3.63. The molecule has 0 spiro atoms. The number of aryl methyl sites for hydroxylation is 2. The molecule has 3 aromatic carbocycles. The molecule has 6 heteroatoms. The minimum atomic E-state index is -4.35. The molecule has 0 aromatic heterocycles. The first-order chi connectivity index (χ1) is 15.3. The third-order valence-electron chi connectivity index (χ3n) is 5.49. The topological polar surface area (TPSA) is 41.1 Å². The van der Waals surface area contributed by atoms with Crippen LogP contribution < -0.4 is 10.6 Å². The van der Waals surface area contributed by atoms with E-state index in [1.807, 2.05) is 61.5 Å². The summed E-state index contributed by atoms with van der Waals surface area (Å²) >= 11 is 0. The highest BCUT2D eigenvalue weighted by Gasteiger charge is 2.30. The van der Waals surface area contributed by atoms with Gasteiger partial charge in [0.05, 0.1) is 5.56 Å². The van der Waals surface area contributed by atoms with Crippen molar-refractivity contribution >= 4 is 5.91 Å². The lowest BCUT2D eigenvalue weighted by atomic mass is 9.95. The lowest BCUT2D eigenvalue weighted by molar-refractivity contribution is -0.137. The molecule has 0 heterocycles. The Bertz CT molecular complexity index is 1000. The van der Waals surface area contributed by atoms with Gasteiger partial charge in [0.2, 0.25) is 5.91 Å². The van der Waals surface area contributed by atoms with Crippen molar-refractivity contribution in [3.05, 3.63) is 107 Å². The molecule has 0 aliphatic carbocycles. The van der Waals surface area contributed by atoms with E-state index in [9.17, 15) is 18.0 Å². The van der Waals surface area contributed by atoms with Gasteiger partial charge >= 0.3 is 6.18 Å². The maximum Gasteiger partial charge on any atom is 0.416 e.